The number of halogens is 2. The minimum atomic E-state index is -0.525. The van der Waals surface area contributed by atoms with Crippen LogP contribution in [0.25, 0.3) is 11.3 Å². The van der Waals surface area contributed by atoms with Crippen molar-refractivity contribution in [2.24, 2.45) is 0 Å². The van der Waals surface area contributed by atoms with Crippen molar-refractivity contribution in [1.29, 1.82) is 0 Å². The predicted octanol–water partition coefficient (Wildman–Crippen LogP) is 4.25. The number of amides is 1. The summed E-state index contributed by atoms with van der Waals surface area (Å²) in [6, 6.07) is 12.8. The van der Waals surface area contributed by atoms with E-state index in [9.17, 15) is 14.0 Å². The van der Waals surface area contributed by atoms with Gasteiger partial charge in [0, 0.05) is 29.1 Å². The van der Waals surface area contributed by atoms with E-state index in [1.807, 2.05) is 6.07 Å². The lowest BCUT2D eigenvalue weighted by atomic mass is 10.1. The number of nitrogens with one attached hydrogen (secondary N) is 1. The van der Waals surface area contributed by atoms with Crippen LogP contribution in [0.4, 0.5) is 10.1 Å². The highest BCUT2D eigenvalue weighted by molar-refractivity contribution is 9.10. The Labute approximate surface area is 186 Å². The summed E-state index contributed by atoms with van der Waals surface area (Å²) in [5.41, 5.74) is 1.18. The second-order valence-electron chi connectivity index (χ2n) is 6.63. The number of rotatable bonds is 8. The zero-order valence-electron chi connectivity index (χ0n) is 17.0. The summed E-state index contributed by atoms with van der Waals surface area (Å²) in [5.74, 6) is 0.276. The van der Waals surface area contributed by atoms with Crippen LogP contribution in [0.15, 0.2) is 57.8 Å². The summed E-state index contributed by atoms with van der Waals surface area (Å²) >= 11 is 3.17. The fourth-order valence-electron chi connectivity index (χ4n) is 2.95. The molecule has 0 saturated heterocycles. The van der Waals surface area contributed by atoms with E-state index in [4.69, 9.17) is 9.47 Å². The molecule has 0 atom stereocenters. The average Bonchev–Trinajstić information content (AvgIpc) is 2.76. The van der Waals surface area contributed by atoms with Gasteiger partial charge in [-0.2, -0.15) is 5.10 Å². The molecule has 1 N–H and O–H groups in total. The minimum Gasteiger partial charge on any atom is -0.493 e. The highest BCUT2D eigenvalue weighted by Crippen LogP contribution is 2.31. The molecule has 0 bridgehead atoms. The number of aryl methyl sites for hydroxylation is 1. The lowest BCUT2D eigenvalue weighted by Gasteiger charge is -2.11. The Kier molecular flexibility index (Phi) is 7.41. The van der Waals surface area contributed by atoms with Crippen molar-refractivity contribution in [2.45, 2.75) is 19.4 Å². The van der Waals surface area contributed by atoms with Gasteiger partial charge in [-0.05, 0) is 48.9 Å². The average molecular weight is 490 g/mol. The summed E-state index contributed by atoms with van der Waals surface area (Å²) < 4.78 is 26.3. The van der Waals surface area contributed by atoms with Gasteiger partial charge < -0.3 is 14.8 Å². The van der Waals surface area contributed by atoms with Crippen molar-refractivity contribution in [3.8, 4) is 22.8 Å². The summed E-state index contributed by atoms with van der Waals surface area (Å²) in [6.07, 6.45) is 0.483. The number of anilines is 1. The van der Waals surface area contributed by atoms with Crippen molar-refractivity contribution in [3.05, 3.63) is 69.2 Å². The van der Waals surface area contributed by atoms with Gasteiger partial charge in [0.25, 0.3) is 5.56 Å². The van der Waals surface area contributed by atoms with E-state index in [2.05, 4.69) is 26.3 Å². The van der Waals surface area contributed by atoms with Crippen molar-refractivity contribution in [2.75, 3.05) is 19.5 Å². The fraction of sp³-hybridized carbons (Fsp3) is 0.227. The van der Waals surface area contributed by atoms with Gasteiger partial charge in [-0.15, -0.1) is 0 Å². The number of aromatic nitrogens is 2. The number of hydrogen-bond donors (Lipinski definition) is 1. The molecular formula is C22H21BrFN3O4. The molecule has 0 fully saturated rings. The molecule has 0 unspecified atom stereocenters. The van der Waals surface area contributed by atoms with Crippen LogP contribution in [-0.4, -0.2) is 29.9 Å². The Balaban J connectivity index is 1.66. The van der Waals surface area contributed by atoms with E-state index in [0.29, 0.717) is 28.1 Å². The first-order chi connectivity index (χ1) is 14.9. The van der Waals surface area contributed by atoms with E-state index in [1.165, 1.54) is 22.9 Å². The molecule has 31 heavy (non-hydrogen) atoms. The smallest absolute Gasteiger partial charge is 0.266 e. The summed E-state index contributed by atoms with van der Waals surface area (Å²) in [5, 5.41) is 6.92. The molecule has 0 aliphatic rings. The molecule has 0 aliphatic carbocycles. The fourth-order valence-corrected chi connectivity index (χ4v) is 3.28. The molecule has 2 aromatic carbocycles. The summed E-state index contributed by atoms with van der Waals surface area (Å²) in [6.45, 7) is 0.246. The van der Waals surface area contributed by atoms with Crippen molar-refractivity contribution in [1.82, 2.24) is 9.78 Å². The summed E-state index contributed by atoms with van der Waals surface area (Å²) in [7, 11) is 3.10. The predicted molar refractivity (Wildman–Crippen MR) is 119 cm³/mol. The molecule has 1 aromatic heterocycles. The van der Waals surface area contributed by atoms with Crippen molar-refractivity contribution < 1.29 is 18.7 Å². The maximum Gasteiger partial charge on any atom is 0.266 e. The standard InChI is InChI=1S/C22H21BrFN3O4/c1-30-19-9-5-14(12-20(19)31-2)17-8-10-22(29)27(26-17)11-3-4-21(28)25-18-7-6-15(23)13-16(18)24/h5-10,12-13H,3-4,11H2,1-2H3,(H,25,28). The monoisotopic (exact) mass is 489 g/mol. The molecule has 1 amide bonds. The minimum absolute atomic E-state index is 0.110. The molecule has 9 heteroatoms. The normalized spacial score (nSPS) is 10.6. The molecule has 162 valence electrons. The number of carbonyl (C=O) groups is 1. The van der Waals surface area contributed by atoms with Gasteiger partial charge >= 0.3 is 0 Å². The number of ether oxygens (including phenoxy) is 2. The number of methoxy groups -OCH3 is 2. The van der Waals surface area contributed by atoms with Gasteiger partial charge in [-0.1, -0.05) is 15.9 Å². The molecule has 7 nitrogen and oxygen atoms in total. The Bertz CT molecular complexity index is 1150. The second kappa shape index (κ2) is 10.2. The molecule has 0 spiro atoms. The molecule has 0 aliphatic heterocycles. The topological polar surface area (TPSA) is 82.5 Å². The Morgan fingerprint density at radius 3 is 2.58 bits per heavy atom. The van der Waals surface area contributed by atoms with Gasteiger partial charge in [0.1, 0.15) is 5.82 Å². The van der Waals surface area contributed by atoms with Crippen molar-refractivity contribution in [3.63, 3.8) is 0 Å². The lowest BCUT2D eigenvalue weighted by Crippen LogP contribution is -2.23. The second-order valence-corrected chi connectivity index (χ2v) is 7.54. The third kappa shape index (κ3) is 5.69. The maximum absolute atomic E-state index is 13.8. The Morgan fingerprint density at radius 1 is 1.10 bits per heavy atom. The van der Waals surface area contributed by atoms with E-state index in [1.54, 1.807) is 38.5 Å². The highest BCUT2D eigenvalue weighted by atomic mass is 79.9. The van der Waals surface area contributed by atoms with Gasteiger partial charge in [0.05, 0.1) is 25.6 Å². The Hall–Kier alpha value is -3.20. The van der Waals surface area contributed by atoms with Crippen molar-refractivity contribution >= 4 is 27.5 Å². The zero-order valence-corrected chi connectivity index (χ0v) is 18.6. The first-order valence-electron chi connectivity index (χ1n) is 9.46. The number of carbonyl (C=O) groups excluding carboxylic acids is 1. The van der Waals surface area contributed by atoms with Crippen LogP contribution < -0.4 is 20.3 Å². The summed E-state index contributed by atoms with van der Waals surface area (Å²) in [4.78, 5) is 24.3. The quantitative estimate of drug-likeness (QED) is 0.511. The largest absolute Gasteiger partial charge is 0.493 e. The lowest BCUT2D eigenvalue weighted by molar-refractivity contribution is -0.116. The number of benzene rings is 2. The van der Waals surface area contributed by atoms with Gasteiger partial charge in [-0.3, -0.25) is 9.59 Å². The van der Waals surface area contributed by atoms with Crippen LogP contribution in [0.1, 0.15) is 12.8 Å². The Morgan fingerprint density at radius 2 is 1.87 bits per heavy atom. The van der Waals surface area contributed by atoms with Crippen LogP contribution in [0.3, 0.4) is 0 Å². The van der Waals surface area contributed by atoms with Crippen LogP contribution in [0, 0.1) is 5.82 Å². The van der Waals surface area contributed by atoms with Crippen LogP contribution >= 0.6 is 15.9 Å². The van der Waals surface area contributed by atoms with Crippen LogP contribution in [0.2, 0.25) is 0 Å². The number of nitrogens with zero attached hydrogens (tertiary/aromatic N) is 2. The SMILES string of the molecule is COc1ccc(-c2ccc(=O)n(CCCC(=O)Nc3ccc(Br)cc3F)n2)cc1OC. The highest BCUT2D eigenvalue weighted by Gasteiger charge is 2.10. The molecule has 1 heterocycles. The van der Waals surface area contributed by atoms with Gasteiger partial charge in [0.2, 0.25) is 5.91 Å². The van der Waals surface area contributed by atoms with Gasteiger partial charge in [0.15, 0.2) is 11.5 Å². The third-order valence-corrected chi connectivity index (χ3v) is 5.02. The van der Waals surface area contributed by atoms with E-state index in [-0.39, 0.29) is 30.1 Å². The van der Waals surface area contributed by atoms with E-state index < -0.39 is 5.82 Å². The van der Waals surface area contributed by atoms with Crippen LogP contribution in [0.5, 0.6) is 11.5 Å². The first-order valence-corrected chi connectivity index (χ1v) is 10.3. The van der Waals surface area contributed by atoms with E-state index >= 15 is 0 Å². The zero-order chi connectivity index (χ0) is 22.4. The number of hydrogen-bond acceptors (Lipinski definition) is 5. The first kappa shape index (κ1) is 22.5. The molecule has 0 saturated carbocycles. The molecule has 3 aromatic rings. The molecule has 0 radical (unpaired) electrons. The third-order valence-electron chi connectivity index (χ3n) is 4.52. The van der Waals surface area contributed by atoms with E-state index in [0.717, 1.165) is 5.56 Å². The maximum atomic E-state index is 13.8. The van der Waals surface area contributed by atoms with Crippen LogP contribution in [-0.2, 0) is 11.3 Å². The molecule has 3 rings (SSSR count). The molecular weight excluding hydrogens is 469 g/mol. The van der Waals surface area contributed by atoms with Gasteiger partial charge in [-0.25, -0.2) is 9.07 Å².